The molecule has 0 fully saturated rings. The average Bonchev–Trinajstić information content (AvgIpc) is 2.38. The highest BCUT2D eigenvalue weighted by Crippen LogP contribution is 2.29. The van der Waals surface area contributed by atoms with Gasteiger partial charge < -0.3 is 10.6 Å². The zero-order valence-electron chi connectivity index (χ0n) is 9.46. The van der Waals surface area contributed by atoms with Gasteiger partial charge in [-0.3, -0.25) is 4.79 Å². The molecule has 3 nitrogen and oxygen atoms in total. The van der Waals surface area contributed by atoms with E-state index in [1.165, 1.54) is 0 Å². The van der Waals surface area contributed by atoms with Crippen molar-refractivity contribution in [1.82, 2.24) is 5.32 Å². The van der Waals surface area contributed by atoms with Crippen LogP contribution in [0.15, 0.2) is 40.9 Å². The number of hydrogen-bond acceptors (Lipinski definition) is 2. The Labute approximate surface area is 108 Å². The molecule has 0 aliphatic rings. The molecule has 0 aliphatic heterocycles. The van der Waals surface area contributed by atoms with Crippen molar-refractivity contribution in [3.8, 4) is 0 Å². The summed E-state index contributed by atoms with van der Waals surface area (Å²) in [4.78, 5) is 11.2. The molecule has 0 radical (unpaired) electrons. The molecule has 0 aliphatic carbocycles. The molecule has 1 amide bonds. The standard InChI is InChI=1S/C13H13BrN2O/c1-15-13(17)8-16-12-7-6-11(14)9-4-2-3-5-10(9)12/h2-7,16H,8H2,1H3,(H,15,17). The third kappa shape index (κ3) is 2.58. The van der Waals surface area contributed by atoms with E-state index in [9.17, 15) is 4.79 Å². The van der Waals surface area contributed by atoms with Crippen molar-refractivity contribution >= 4 is 38.3 Å². The Morgan fingerprint density at radius 3 is 2.59 bits per heavy atom. The van der Waals surface area contributed by atoms with Gasteiger partial charge in [-0.15, -0.1) is 0 Å². The summed E-state index contributed by atoms with van der Waals surface area (Å²) in [5, 5.41) is 7.95. The first-order valence-electron chi connectivity index (χ1n) is 5.34. The zero-order chi connectivity index (χ0) is 12.3. The van der Waals surface area contributed by atoms with Crippen molar-refractivity contribution < 1.29 is 4.79 Å². The molecule has 0 heterocycles. The minimum atomic E-state index is -0.0306. The lowest BCUT2D eigenvalue weighted by Crippen LogP contribution is -2.26. The fourth-order valence-corrected chi connectivity index (χ4v) is 2.16. The maximum absolute atomic E-state index is 11.2. The number of carbonyl (C=O) groups is 1. The average molecular weight is 293 g/mol. The third-order valence-corrected chi connectivity index (χ3v) is 3.28. The first-order chi connectivity index (χ1) is 8.22. The molecule has 0 atom stereocenters. The number of likely N-dealkylation sites (N-methyl/N-ethyl adjacent to an activating group) is 1. The second-order valence-corrected chi connectivity index (χ2v) is 4.52. The Balaban J connectivity index is 2.35. The monoisotopic (exact) mass is 292 g/mol. The summed E-state index contributed by atoms with van der Waals surface area (Å²) in [5.74, 6) is -0.0306. The number of anilines is 1. The fraction of sp³-hybridized carbons (Fsp3) is 0.154. The van der Waals surface area contributed by atoms with Gasteiger partial charge >= 0.3 is 0 Å². The summed E-state index contributed by atoms with van der Waals surface area (Å²) in [5.41, 5.74) is 0.965. The summed E-state index contributed by atoms with van der Waals surface area (Å²) in [6.07, 6.45) is 0. The smallest absolute Gasteiger partial charge is 0.239 e. The molecule has 0 unspecified atom stereocenters. The van der Waals surface area contributed by atoms with E-state index in [0.717, 1.165) is 20.9 Å². The number of fused-ring (bicyclic) bond motifs is 1. The minimum absolute atomic E-state index is 0.0306. The topological polar surface area (TPSA) is 41.1 Å². The predicted molar refractivity (Wildman–Crippen MR) is 74.2 cm³/mol. The summed E-state index contributed by atoms with van der Waals surface area (Å²) >= 11 is 3.52. The molecule has 2 N–H and O–H groups in total. The van der Waals surface area contributed by atoms with Gasteiger partial charge in [0.25, 0.3) is 0 Å². The van der Waals surface area contributed by atoms with Gasteiger partial charge in [0.1, 0.15) is 0 Å². The first-order valence-corrected chi connectivity index (χ1v) is 6.13. The van der Waals surface area contributed by atoms with Crippen molar-refractivity contribution in [1.29, 1.82) is 0 Å². The quantitative estimate of drug-likeness (QED) is 0.913. The lowest BCUT2D eigenvalue weighted by Gasteiger charge is -2.10. The summed E-state index contributed by atoms with van der Waals surface area (Å²) < 4.78 is 1.05. The molecular weight excluding hydrogens is 280 g/mol. The highest BCUT2D eigenvalue weighted by Gasteiger charge is 2.04. The second-order valence-electron chi connectivity index (χ2n) is 3.67. The van der Waals surface area contributed by atoms with Crippen molar-refractivity contribution in [2.24, 2.45) is 0 Å². The van der Waals surface area contributed by atoms with Crippen LogP contribution < -0.4 is 10.6 Å². The van der Waals surface area contributed by atoms with Crippen molar-refractivity contribution in [3.63, 3.8) is 0 Å². The Kier molecular flexibility index (Phi) is 3.64. The molecule has 2 rings (SSSR count). The van der Waals surface area contributed by atoms with E-state index < -0.39 is 0 Å². The van der Waals surface area contributed by atoms with E-state index >= 15 is 0 Å². The zero-order valence-corrected chi connectivity index (χ0v) is 11.0. The molecule has 0 spiro atoms. The number of benzene rings is 2. The third-order valence-electron chi connectivity index (χ3n) is 2.59. The second kappa shape index (κ2) is 5.19. The number of carbonyl (C=O) groups excluding carboxylic acids is 1. The Morgan fingerprint density at radius 2 is 1.88 bits per heavy atom. The minimum Gasteiger partial charge on any atom is -0.376 e. The van der Waals surface area contributed by atoms with Gasteiger partial charge in [0.15, 0.2) is 0 Å². The van der Waals surface area contributed by atoms with Crippen LogP contribution >= 0.6 is 15.9 Å². The molecule has 0 aromatic heterocycles. The largest absolute Gasteiger partial charge is 0.376 e. The highest BCUT2D eigenvalue weighted by atomic mass is 79.9. The molecule has 0 saturated carbocycles. The van der Waals surface area contributed by atoms with E-state index in [2.05, 4.69) is 26.6 Å². The van der Waals surface area contributed by atoms with E-state index in [4.69, 9.17) is 0 Å². The summed E-state index contributed by atoms with van der Waals surface area (Å²) in [6.45, 7) is 0.280. The van der Waals surface area contributed by atoms with Gasteiger partial charge in [-0.1, -0.05) is 40.2 Å². The molecule has 0 bridgehead atoms. The van der Waals surface area contributed by atoms with Crippen LogP contribution in [0.2, 0.25) is 0 Å². The molecular formula is C13H13BrN2O. The number of halogens is 1. The molecule has 2 aromatic carbocycles. The van der Waals surface area contributed by atoms with Gasteiger partial charge in [0.05, 0.1) is 6.54 Å². The summed E-state index contributed by atoms with van der Waals surface area (Å²) in [7, 11) is 1.63. The van der Waals surface area contributed by atoms with Gasteiger partial charge in [-0.2, -0.15) is 0 Å². The normalized spacial score (nSPS) is 10.2. The Hall–Kier alpha value is -1.55. The van der Waals surface area contributed by atoms with Crippen LogP contribution in [0.3, 0.4) is 0 Å². The molecule has 4 heteroatoms. The van der Waals surface area contributed by atoms with E-state index in [0.29, 0.717) is 0 Å². The molecule has 88 valence electrons. The Morgan fingerprint density at radius 1 is 1.18 bits per heavy atom. The number of nitrogens with one attached hydrogen (secondary N) is 2. The number of hydrogen-bond donors (Lipinski definition) is 2. The first kappa shape index (κ1) is 11.9. The maximum atomic E-state index is 11.2. The van der Waals surface area contributed by atoms with Crippen molar-refractivity contribution in [3.05, 3.63) is 40.9 Å². The van der Waals surface area contributed by atoms with Gasteiger partial charge in [-0.05, 0) is 17.5 Å². The fourth-order valence-electron chi connectivity index (χ4n) is 1.68. The van der Waals surface area contributed by atoms with Crippen LogP contribution in [-0.4, -0.2) is 19.5 Å². The predicted octanol–water partition coefficient (Wildman–Crippen LogP) is 2.76. The van der Waals surface area contributed by atoms with Gasteiger partial charge in [0, 0.05) is 22.6 Å². The van der Waals surface area contributed by atoms with Crippen LogP contribution in [0.25, 0.3) is 10.8 Å². The van der Waals surface area contributed by atoms with E-state index in [1.807, 2.05) is 36.4 Å². The van der Waals surface area contributed by atoms with Crippen LogP contribution in [0.4, 0.5) is 5.69 Å². The lowest BCUT2D eigenvalue weighted by molar-refractivity contribution is -0.118. The highest BCUT2D eigenvalue weighted by molar-refractivity contribution is 9.10. The summed E-state index contributed by atoms with van der Waals surface area (Å²) in [6, 6.07) is 12.0. The number of rotatable bonds is 3. The SMILES string of the molecule is CNC(=O)CNc1ccc(Br)c2ccccc12. The molecule has 0 saturated heterocycles. The molecule has 17 heavy (non-hydrogen) atoms. The van der Waals surface area contributed by atoms with Crippen LogP contribution in [0.5, 0.6) is 0 Å². The van der Waals surface area contributed by atoms with Crippen LogP contribution in [0, 0.1) is 0 Å². The molecule has 2 aromatic rings. The van der Waals surface area contributed by atoms with E-state index in [1.54, 1.807) is 7.05 Å². The Bertz CT molecular complexity index is 554. The van der Waals surface area contributed by atoms with Crippen LogP contribution in [-0.2, 0) is 4.79 Å². The van der Waals surface area contributed by atoms with Crippen LogP contribution in [0.1, 0.15) is 0 Å². The maximum Gasteiger partial charge on any atom is 0.239 e. The van der Waals surface area contributed by atoms with Crippen molar-refractivity contribution in [2.45, 2.75) is 0 Å². The van der Waals surface area contributed by atoms with E-state index in [-0.39, 0.29) is 12.5 Å². The van der Waals surface area contributed by atoms with Gasteiger partial charge in [-0.25, -0.2) is 0 Å². The van der Waals surface area contributed by atoms with Crippen molar-refractivity contribution in [2.75, 3.05) is 18.9 Å². The lowest BCUT2D eigenvalue weighted by atomic mass is 10.1. The number of amides is 1. The van der Waals surface area contributed by atoms with Gasteiger partial charge in [0.2, 0.25) is 5.91 Å².